The predicted molar refractivity (Wildman–Crippen MR) is 121 cm³/mol. The maximum absolute atomic E-state index is 13.0. The van der Waals surface area contributed by atoms with Crippen LogP contribution in [0.2, 0.25) is 0 Å². The monoisotopic (exact) mass is 438 g/mol. The molecule has 162 valence electrons. The normalized spacial score (nSPS) is 15.2. The van der Waals surface area contributed by atoms with Gasteiger partial charge in [0.1, 0.15) is 5.82 Å². The van der Waals surface area contributed by atoms with Crippen molar-refractivity contribution in [2.24, 2.45) is 0 Å². The van der Waals surface area contributed by atoms with Gasteiger partial charge in [-0.05, 0) is 42.3 Å². The number of hydrogen-bond donors (Lipinski definition) is 0. The van der Waals surface area contributed by atoms with E-state index < -0.39 is 10.0 Å². The molecule has 0 atom stereocenters. The number of para-hydroxylation sites is 1. The maximum atomic E-state index is 13.0. The molecule has 1 aliphatic heterocycles. The first-order valence-corrected chi connectivity index (χ1v) is 11.9. The van der Waals surface area contributed by atoms with E-state index in [1.807, 2.05) is 47.4 Å². The predicted octanol–water partition coefficient (Wildman–Crippen LogP) is 2.70. The third kappa shape index (κ3) is 4.55. The van der Waals surface area contributed by atoms with Crippen molar-refractivity contribution in [1.29, 1.82) is 0 Å². The lowest BCUT2D eigenvalue weighted by Crippen LogP contribution is -2.49. The van der Waals surface area contributed by atoms with E-state index in [1.54, 1.807) is 18.2 Å². The molecule has 1 fully saturated rings. The van der Waals surface area contributed by atoms with Crippen molar-refractivity contribution in [3.8, 4) is 5.69 Å². The minimum Gasteiger partial charge on any atom is -0.353 e. The summed E-state index contributed by atoms with van der Waals surface area (Å²) in [5.74, 6) is 0.657. The summed E-state index contributed by atoms with van der Waals surface area (Å²) in [6.45, 7) is 3.85. The molecule has 0 saturated carbocycles. The number of piperazine rings is 1. The van der Waals surface area contributed by atoms with Gasteiger partial charge in [0.05, 0.1) is 10.6 Å². The number of aryl methyl sites for hydroxylation is 1. The van der Waals surface area contributed by atoms with Crippen molar-refractivity contribution in [3.05, 3.63) is 82.6 Å². The lowest BCUT2D eigenvalue weighted by Gasteiger charge is -2.34. The molecular weight excluding hydrogens is 412 g/mol. The van der Waals surface area contributed by atoms with Gasteiger partial charge in [0, 0.05) is 32.2 Å². The van der Waals surface area contributed by atoms with Crippen LogP contribution in [0, 0.1) is 0 Å². The SMILES string of the molecule is CCCc1ccc(S(=O)(=O)N2CCN(c3ccc(=O)n(-c4ccccc4)n3)CC2)cc1. The second-order valence-corrected chi connectivity index (χ2v) is 9.50. The molecule has 1 saturated heterocycles. The van der Waals surface area contributed by atoms with E-state index in [0.29, 0.717) is 42.6 Å². The van der Waals surface area contributed by atoms with E-state index in [9.17, 15) is 13.2 Å². The third-order valence-electron chi connectivity index (χ3n) is 5.45. The lowest BCUT2D eigenvalue weighted by atomic mass is 10.1. The van der Waals surface area contributed by atoms with Crippen LogP contribution in [0.5, 0.6) is 0 Å². The molecule has 0 radical (unpaired) electrons. The molecule has 2 aromatic carbocycles. The van der Waals surface area contributed by atoms with E-state index in [1.165, 1.54) is 15.1 Å². The second kappa shape index (κ2) is 9.03. The van der Waals surface area contributed by atoms with Crippen LogP contribution in [-0.4, -0.2) is 48.7 Å². The highest BCUT2D eigenvalue weighted by atomic mass is 32.2. The van der Waals surface area contributed by atoms with Crippen molar-refractivity contribution in [3.63, 3.8) is 0 Å². The molecule has 0 N–H and O–H groups in total. The Kier molecular flexibility index (Phi) is 6.20. The molecule has 4 rings (SSSR count). The standard InChI is InChI=1S/C23H26N4O3S/c1-2-6-19-9-11-21(12-10-19)31(29,30)26-17-15-25(16-18-26)22-13-14-23(28)27(24-22)20-7-4-3-5-8-20/h3-5,7-14H,2,6,15-18H2,1H3. The Labute approximate surface area is 182 Å². The lowest BCUT2D eigenvalue weighted by molar-refractivity contribution is 0.383. The van der Waals surface area contributed by atoms with Gasteiger partial charge in [-0.2, -0.15) is 8.99 Å². The average molecular weight is 439 g/mol. The number of anilines is 1. The quantitative estimate of drug-likeness (QED) is 0.592. The summed E-state index contributed by atoms with van der Waals surface area (Å²) < 4.78 is 29.0. The molecule has 8 heteroatoms. The summed E-state index contributed by atoms with van der Waals surface area (Å²) in [5.41, 5.74) is 1.63. The zero-order chi connectivity index (χ0) is 21.8. The molecular formula is C23H26N4O3S. The van der Waals surface area contributed by atoms with Crippen molar-refractivity contribution in [2.45, 2.75) is 24.7 Å². The molecule has 0 amide bonds. The zero-order valence-electron chi connectivity index (χ0n) is 17.5. The van der Waals surface area contributed by atoms with Crippen LogP contribution in [-0.2, 0) is 16.4 Å². The zero-order valence-corrected chi connectivity index (χ0v) is 18.3. The third-order valence-corrected chi connectivity index (χ3v) is 7.36. The van der Waals surface area contributed by atoms with Crippen molar-refractivity contribution < 1.29 is 8.42 Å². The molecule has 1 aliphatic rings. The van der Waals surface area contributed by atoms with E-state index in [4.69, 9.17) is 0 Å². The molecule has 0 unspecified atom stereocenters. The van der Waals surface area contributed by atoms with Gasteiger partial charge in [0.25, 0.3) is 5.56 Å². The largest absolute Gasteiger partial charge is 0.353 e. The van der Waals surface area contributed by atoms with Gasteiger partial charge in [0.15, 0.2) is 0 Å². The molecule has 7 nitrogen and oxygen atoms in total. The molecule has 31 heavy (non-hydrogen) atoms. The Morgan fingerprint density at radius 3 is 2.19 bits per heavy atom. The van der Waals surface area contributed by atoms with Gasteiger partial charge in [-0.3, -0.25) is 4.79 Å². The first kappa shape index (κ1) is 21.3. The summed E-state index contributed by atoms with van der Waals surface area (Å²) in [6, 6.07) is 19.6. The summed E-state index contributed by atoms with van der Waals surface area (Å²) >= 11 is 0. The number of sulfonamides is 1. The molecule has 0 aliphatic carbocycles. The maximum Gasteiger partial charge on any atom is 0.271 e. The average Bonchev–Trinajstić information content (AvgIpc) is 2.81. The highest BCUT2D eigenvalue weighted by Gasteiger charge is 2.29. The minimum atomic E-state index is -3.53. The first-order valence-electron chi connectivity index (χ1n) is 10.5. The van der Waals surface area contributed by atoms with E-state index >= 15 is 0 Å². The number of rotatable bonds is 6. The minimum absolute atomic E-state index is 0.206. The smallest absolute Gasteiger partial charge is 0.271 e. The van der Waals surface area contributed by atoms with Gasteiger partial charge in [0.2, 0.25) is 10.0 Å². The van der Waals surface area contributed by atoms with Crippen LogP contribution in [0.25, 0.3) is 5.69 Å². The summed E-state index contributed by atoms with van der Waals surface area (Å²) in [4.78, 5) is 14.6. The summed E-state index contributed by atoms with van der Waals surface area (Å²) in [5, 5.41) is 4.50. The Bertz CT molecular complexity index is 1180. The molecule has 1 aromatic heterocycles. The first-order chi connectivity index (χ1) is 15.0. The second-order valence-electron chi connectivity index (χ2n) is 7.56. The highest BCUT2D eigenvalue weighted by molar-refractivity contribution is 7.89. The van der Waals surface area contributed by atoms with Crippen LogP contribution in [0.4, 0.5) is 5.82 Å². The van der Waals surface area contributed by atoms with Crippen LogP contribution >= 0.6 is 0 Å². The van der Waals surface area contributed by atoms with E-state index in [0.717, 1.165) is 18.4 Å². The van der Waals surface area contributed by atoms with Crippen LogP contribution in [0.1, 0.15) is 18.9 Å². The number of aromatic nitrogens is 2. The number of hydrogen-bond acceptors (Lipinski definition) is 5. The Morgan fingerprint density at radius 1 is 0.871 bits per heavy atom. The highest BCUT2D eigenvalue weighted by Crippen LogP contribution is 2.21. The Balaban J connectivity index is 1.48. The van der Waals surface area contributed by atoms with Crippen molar-refractivity contribution in [2.75, 3.05) is 31.1 Å². The van der Waals surface area contributed by atoms with Gasteiger partial charge in [-0.25, -0.2) is 8.42 Å². The molecule has 3 aromatic rings. The number of nitrogens with zero attached hydrogens (tertiary/aromatic N) is 4. The summed E-state index contributed by atoms with van der Waals surface area (Å²) in [6.07, 6.45) is 1.97. The van der Waals surface area contributed by atoms with Crippen LogP contribution in [0.15, 0.2) is 76.4 Å². The fourth-order valence-electron chi connectivity index (χ4n) is 3.75. The van der Waals surface area contributed by atoms with Gasteiger partial charge in [-0.15, -0.1) is 5.10 Å². The number of benzene rings is 2. The Hall–Kier alpha value is -2.97. The van der Waals surface area contributed by atoms with E-state index in [2.05, 4.69) is 12.0 Å². The summed E-state index contributed by atoms with van der Waals surface area (Å²) in [7, 11) is -3.53. The van der Waals surface area contributed by atoms with E-state index in [-0.39, 0.29) is 5.56 Å². The van der Waals surface area contributed by atoms with Gasteiger partial charge in [-0.1, -0.05) is 43.7 Å². The van der Waals surface area contributed by atoms with Crippen molar-refractivity contribution in [1.82, 2.24) is 14.1 Å². The van der Waals surface area contributed by atoms with Crippen molar-refractivity contribution >= 4 is 15.8 Å². The van der Waals surface area contributed by atoms with Crippen LogP contribution in [0.3, 0.4) is 0 Å². The van der Waals surface area contributed by atoms with Crippen LogP contribution < -0.4 is 10.5 Å². The Morgan fingerprint density at radius 2 is 1.55 bits per heavy atom. The fraction of sp³-hybridized carbons (Fsp3) is 0.304. The van der Waals surface area contributed by atoms with Gasteiger partial charge >= 0.3 is 0 Å². The molecule has 2 heterocycles. The molecule has 0 bridgehead atoms. The fourth-order valence-corrected chi connectivity index (χ4v) is 5.17. The molecule has 0 spiro atoms. The van der Waals surface area contributed by atoms with Gasteiger partial charge < -0.3 is 4.90 Å². The topological polar surface area (TPSA) is 75.5 Å².